The van der Waals surface area contributed by atoms with E-state index in [0.29, 0.717) is 24.7 Å². The summed E-state index contributed by atoms with van der Waals surface area (Å²) in [7, 11) is 0. The summed E-state index contributed by atoms with van der Waals surface area (Å²) < 4.78 is 0. The van der Waals surface area contributed by atoms with Gasteiger partial charge in [-0.05, 0) is 56.7 Å². The van der Waals surface area contributed by atoms with Crippen molar-refractivity contribution in [1.82, 2.24) is 4.90 Å². The van der Waals surface area contributed by atoms with Gasteiger partial charge in [-0.1, -0.05) is 12.1 Å². The molecule has 2 atom stereocenters. The van der Waals surface area contributed by atoms with E-state index in [1.807, 2.05) is 19.9 Å². The molecule has 1 aromatic carbocycles. The van der Waals surface area contributed by atoms with Crippen LogP contribution in [0.25, 0.3) is 0 Å². The topological polar surface area (TPSA) is 58.4 Å². The monoisotopic (exact) mass is 287 g/mol. The molecular weight excluding hydrogens is 262 g/mol. The van der Waals surface area contributed by atoms with E-state index >= 15 is 0 Å². The number of hydrogen-bond donors (Lipinski definition) is 2. The average molecular weight is 287 g/mol. The summed E-state index contributed by atoms with van der Waals surface area (Å²) in [6.07, 6.45) is 4.45. The minimum Gasteiger partial charge on any atom is -0.328 e. The van der Waals surface area contributed by atoms with E-state index in [4.69, 9.17) is 5.73 Å². The molecule has 2 aliphatic rings. The van der Waals surface area contributed by atoms with Crippen LogP contribution < -0.4 is 11.1 Å². The van der Waals surface area contributed by atoms with Crippen molar-refractivity contribution in [3.05, 3.63) is 29.3 Å². The van der Waals surface area contributed by atoms with Gasteiger partial charge in [0.2, 0.25) is 5.91 Å². The molecule has 0 radical (unpaired) electrons. The van der Waals surface area contributed by atoms with Gasteiger partial charge in [0.05, 0.1) is 6.54 Å². The zero-order chi connectivity index (χ0) is 15.0. The molecule has 114 valence electrons. The van der Waals surface area contributed by atoms with Crippen molar-refractivity contribution >= 4 is 11.6 Å². The van der Waals surface area contributed by atoms with E-state index in [0.717, 1.165) is 24.1 Å². The fourth-order valence-electron chi connectivity index (χ4n) is 3.80. The van der Waals surface area contributed by atoms with Crippen LogP contribution in [0.2, 0.25) is 0 Å². The van der Waals surface area contributed by atoms with Crippen LogP contribution in [0, 0.1) is 13.8 Å². The fourth-order valence-corrected chi connectivity index (χ4v) is 3.80. The lowest BCUT2D eigenvalue weighted by atomic mass is 9.98. The second-order valence-electron chi connectivity index (χ2n) is 6.66. The van der Waals surface area contributed by atoms with Gasteiger partial charge in [-0.3, -0.25) is 9.69 Å². The molecule has 21 heavy (non-hydrogen) atoms. The predicted octanol–water partition coefficient (Wildman–Crippen LogP) is 2.20. The second-order valence-corrected chi connectivity index (χ2v) is 6.66. The number of amides is 1. The molecule has 2 saturated heterocycles. The molecule has 3 rings (SSSR count). The van der Waals surface area contributed by atoms with Crippen LogP contribution >= 0.6 is 0 Å². The first-order valence-corrected chi connectivity index (χ1v) is 7.91. The first-order chi connectivity index (χ1) is 10.0. The number of nitrogens with two attached hydrogens (primary N) is 1. The maximum atomic E-state index is 12.4. The lowest BCUT2D eigenvalue weighted by Crippen LogP contribution is -2.49. The lowest BCUT2D eigenvalue weighted by molar-refractivity contribution is -0.118. The molecule has 0 aromatic heterocycles. The van der Waals surface area contributed by atoms with E-state index in [1.54, 1.807) is 0 Å². The minimum atomic E-state index is 0.0936. The summed E-state index contributed by atoms with van der Waals surface area (Å²) in [5.74, 6) is 0.0936. The van der Waals surface area contributed by atoms with Gasteiger partial charge < -0.3 is 11.1 Å². The van der Waals surface area contributed by atoms with Crippen molar-refractivity contribution in [1.29, 1.82) is 0 Å². The van der Waals surface area contributed by atoms with Crippen molar-refractivity contribution in [2.45, 2.75) is 57.7 Å². The Morgan fingerprint density at radius 3 is 2.62 bits per heavy atom. The molecule has 2 fully saturated rings. The number of piperidine rings is 1. The molecule has 0 saturated carbocycles. The van der Waals surface area contributed by atoms with Gasteiger partial charge in [-0.15, -0.1) is 0 Å². The highest BCUT2D eigenvalue weighted by molar-refractivity contribution is 5.93. The van der Waals surface area contributed by atoms with E-state index in [9.17, 15) is 4.79 Å². The van der Waals surface area contributed by atoms with Crippen molar-refractivity contribution < 1.29 is 4.79 Å². The van der Waals surface area contributed by atoms with Crippen molar-refractivity contribution in [2.24, 2.45) is 5.73 Å². The predicted molar refractivity (Wildman–Crippen MR) is 85.3 cm³/mol. The second kappa shape index (κ2) is 5.78. The number of hydrogen-bond acceptors (Lipinski definition) is 3. The van der Waals surface area contributed by atoms with Gasteiger partial charge >= 0.3 is 0 Å². The van der Waals surface area contributed by atoms with Gasteiger partial charge in [-0.25, -0.2) is 0 Å². The maximum Gasteiger partial charge on any atom is 0.238 e. The van der Waals surface area contributed by atoms with Gasteiger partial charge in [0.15, 0.2) is 0 Å². The molecule has 4 heteroatoms. The fraction of sp³-hybridized carbons (Fsp3) is 0.588. The van der Waals surface area contributed by atoms with Crippen LogP contribution in [0.4, 0.5) is 5.69 Å². The molecule has 0 spiro atoms. The van der Waals surface area contributed by atoms with Crippen molar-refractivity contribution in [3.8, 4) is 0 Å². The van der Waals surface area contributed by atoms with Crippen LogP contribution in [0.5, 0.6) is 0 Å². The normalized spacial score (nSPS) is 28.6. The van der Waals surface area contributed by atoms with Gasteiger partial charge in [-0.2, -0.15) is 0 Å². The highest BCUT2D eigenvalue weighted by atomic mass is 16.2. The van der Waals surface area contributed by atoms with Crippen molar-refractivity contribution in [3.63, 3.8) is 0 Å². The Balaban J connectivity index is 1.63. The Morgan fingerprint density at radius 2 is 1.95 bits per heavy atom. The number of anilines is 1. The number of aryl methyl sites for hydroxylation is 2. The Bertz CT molecular complexity index is 529. The molecular formula is C17H25N3O. The van der Waals surface area contributed by atoms with E-state index in [1.165, 1.54) is 18.4 Å². The maximum absolute atomic E-state index is 12.4. The number of carbonyl (C=O) groups excluding carboxylic acids is 1. The van der Waals surface area contributed by atoms with Crippen molar-refractivity contribution in [2.75, 3.05) is 11.9 Å². The van der Waals surface area contributed by atoms with Crippen LogP contribution in [-0.4, -0.2) is 35.5 Å². The largest absolute Gasteiger partial charge is 0.328 e. The van der Waals surface area contributed by atoms with Crippen LogP contribution in [-0.2, 0) is 4.79 Å². The summed E-state index contributed by atoms with van der Waals surface area (Å²) >= 11 is 0. The number of fused-ring (bicyclic) bond motifs is 2. The number of carbonyl (C=O) groups is 1. The summed E-state index contributed by atoms with van der Waals surface area (Å²) in [6, 6.07) is 7.48. The molecule has 2 aliphatic heterocycles. The highest BCUT2D eigenvalue weighted by Crippen LogP contribution is 2.34. The molecule has 3 N–H and O–H groups in total. The molecule has 2 unspecified atom stereocenters. The molecule has 1 aromatic rings. The Hall–Kier alpha value is -1.39. The Labute approximate surface area is 126 Å². The zero-order valence-corrected chi connectivity index (χ0v) is 12.9. The summed E-state index contributed by atoms with van der Waals surface area (Å²) in [4.78, 5) is 14.7. The lowest BCUT2D eigenvalue weighted by Gasteiger charge is -2.37. The number of nitrogens with zero attached hydrogens (tertiary/aromatic N) is 1. The Morgan fingerprint density at radius 1 is 1.29 bits per heavy atom. The third-order valence-corrected chi connectivity index (χ3v) is 4.91. The highest BCUT2D eigenvalue weighted by Gasteiger charge is 2.40. The van der Waals surface area contributed by atoms with Gasteiger partial charge in [0.1, 0.15) is 0 Å². The first-order valence-electron chi connectivity index (χ1n) is 7.91. The minimum absolute atomic E-state index is 0.0936. The van der Waals surface area contributed by atoms with E-state index in [-0.39, 0.29) is 5.91 Å². The SMILES string of the molecule is Cc1ccc(C)c(NC(=O)CN2C3CCC2CC(N)C3)c1. The molecule has 4 nitrogen and oxygen atoms in total. The Kier molecular flexibility index (Phi) is 4.00. The summed E-state index contributed by atoms with van der Waals surface area (Å²) in [6.45, 7) is 4.56. The zero-order valence-electron chi connectivity index (χ0n) is 12.9. The summed E-state index contributed by atoms with van der Waals surface area (Å²) in [5, 5.41) is 3.07. The van der Waals surface area contributed by atoms with Crippen LogP contribution in [0.1, 0.15) is 36.8 Å². The molecule has 1 amide bonds. The quantitative estimate of drug-likeness (QED) is 0.896. The number of rotatable bonds is 3. The van der Waals surface area contributed by atoms with E-state index < -0.39 is 0 Å². The number of nitrogens with one attached hydrogen (secondary N) is 1. The average Bonchev–Trinajstić information content (AvgIpc) is 2.66. The third kappa shape index (κ3) is 3.11. The number of benzene rings is 1. The van der Waals surface area contributed by atoms with Gasteiger partial charge in [0, 0.05) is 23.8 Å². The standard InChI is InChI=1S/C17H25N3O/c1-11-3-4-12(2)16(7-11)19-17(21)10-20-14-5-6-15(20)9-13(18)8-14/h3-4,7,13-15H,5-6,8-10,18H2,1-2H3,(H,19,21). The first kappa shape index (κ1) is 14.5. The smallest absolute Gasteiger partial charge is 0.238 e. The van der Waals surface area contributed by atoms with Gasteiger partial charge in [0.25, 0.3) is 0 Å². The molecule has 0 aliphatic carbocycles. The molecule has 2 heterocycles. The van der Waals surface area contributed by atoms with Crippen LogP contribution in [0.15, 0.2) is 18.2 Å². The van der Waals surface area contributed by atoms with Crippen LogP contribution in [0.3, 0.4) is 0 Å². The van der Waals surface area contributed by atoms with E-state index in [2.05, 4.69) is 22.3 Å². The summed E-state index contributed by atoms with van der Waals surface area (Å²) in [5.41, 5.74) is 9.29. The third-order valence-electron chi connectivity index (χ3n) is 4.91. The molecule has 2 bridgehead atoms.